The first-order valence-corrected chi connectivity index (χ1v) is 4.83. The summed E-state index contributed by atoms with van der Waals surface area (Å²) in [5, 5.41) is 8.92. The second-order valence-corrected chi connectivity index (χ2v) is 2.96. The molecule has 84 valence electrons. The summed E-state index contributed by atoms with van der Waals surface area (Å²) in [7, 11) is 0. The lowest BCUT2D eigenvalue weighted by Crippen LogP contribution is -2.09. The number of hydrogen-bond donors (Lipinski definition) is 0. The fourth-order valence-electron chi connectivity index (χ4n) is 1.11. The van der Waals surface area contributed by atoms with Gasteiger partial charge in [-0.1, -0.05) is 24.8 Å². The van der Waals surface area contributed by atoms with Crippen molar-refractivity contribution in [1.82, 2.24) is 0 Å². The van der Waals surface area contributed by atoms with Gasteiger partial charge in [-0.15, -0.1) is 13.2 Å². The molecule has 0 aromatic heterocycles. The third-order valence-electron chi connectivity index (χ3n) is 1.78. The number of nitriles is 1. The van der Waals surface area contributed by atoms with Gasteiger partial charge in [0.2, 0.25) is 0 Å². The smallest absolute Gasteiger partial charge is 0.349 e. The Balaban J connectivity index is 4.99. The summed E-state index contributed by atoms with van der Waals surface area (Å²) in [6.45, 7) is 10.7. The summed E-state index contributed by atoms with van der Waals surface area (Å²) in [4.78, 5) is 11.5. The molecule has 0 amide bonds. The molecule has 0 aromatic carbocycles. The fraction of sp³-hybridized carbons (Fsp3) is 0.231. The van der Waals surface area contributed by atoms with Gasteiger partial charge < -0.3 is 4.74 Å². The molecule has 0 heterocycles. The van der Waals surface area contributed by atoms with Crippen LogP contribution in [0.25, 0.3) is 0 Å². The van der Waals surface area contributed by atoms with Crippen LogP contribution in [0.5, 0.6) is 0 Å². The van der Waals surface area contributed by atoms with Gasteiger partial charge in [0, 0.05) is 0 Å². The highest BCUT2D eigenvalue weighted by Crippen LogP contribution is 2.15. The standard InChI is InChI=1S/C13H15NO2/c1-4-7-11(8-5-2)12(10-14)13(15)16-9-6-3/h4-6H,1-3,7-9H2. The van der Waals surface area contributed by atoms with Crippen LogP contribution >= 0.6 is 0 Å². The molecule has 0 aliphatic carbocycles. The Morgan fingerprint density at radius 1 is 1.19 bits per heavy atom. The van der Waals surface area contributed by atoms with E-state index in [9.17, 15) is 4.79 Å². The normalized spacial score (nSPS) is 8.44. The number of allylic oxidation sites excluding steroid dienone is 3. The van der Waals surface area contributed by atoms with E-state index in [4.69, 9.17) is 10.00 Å². The van der Waals surface area contributed by atoms with Crippen molar-refractivity contribution in [3.05, 3.63) is 49.1 Å². The number of nitrogens with zero attached hydrogens (tertiary/aromatic N) is 1. The Morgan fingerprint density at radius 2 is 1.75 bits per heavy atom. The number of hydrogen-bond acceptors (Lipinski definition) is 3. The molecule has 0 fully saturated rings. The molecule has 0 rings (SSSR count). The van der Waals surface area contributed by atoms with Crippen molar-refractivity contribution in [2.45, 2.75) is 12.8 Å². The maximum Gasteiger partial charge on any atom is 0.349 e. The van der Waals surface area contributed by atoms with E-state index >= 15 is 0 Å². The van der Waals surface area contributed by atoms with E-state index in [1.165, 1.54) is 6.08 Å². The Bertz CT molecular complexity index is 347. The summed E-state index contributed by atoms with van der Waals surface area (Å²) < 4.78 is 4.81. The summed E-state index contributed by atoms with van der Waals surface area (Å²) in [5.41, 5.74) is 0.697. The first-order valence-electron chi connectivity index (χ1n) is 4.83. The maximum atomic E-state index is 11.5. The molecule has 0 saturated heterocycles. The van der Waals surface area contributed by atoms with Crippen LogP contribution < -0.4 is 0 Å². The van der Waals surface area contributed by atoms with Crippen LogP contribution in [0.3, 0.4) is 0 Å². The van der Waals surface area contributed by atoms with Crippen LogP contribution in [-0.4, -0.2) is 12.6 Å². The number of carbonyl (C=O) groups is 1. The van der Waals surface area contributed by atoms with E-state index in [0.29, 0.717) is 18.4 Å². The van der Waals surface area contributed by atoms with Crippen LogP contribution in [0.4, 0.5) is 0 Å². The molecule has 0 N–H and O–H groups in total. The van der Waals surface area contributed by atoms with E-state index in [-0.39, 0.29) is 12.2 Å². The van der Waals surface area contributed by atoms with Crippen LogP contribution in [0.2, 0.25) is 0 Å². The molecule has 0 bridgehead atoms. The van der Waals surface area contributed by atoms with Crippen LogP contribution in [0, 0.1) is 11.3 Å². The zero-order valence-electron chi connectivity index (χ0n) is 9.24. The average molecular weight is 217 g/mol. The van der Waals surface area contributed by atoms with E-state index in [1.54, 1.807) is 12.2 Å². The van der Waals surface area contributed by atoms with Crippen LogP contribution in [0.1, 0.15) is 12.8 Å². The molecular weight excluding hydrogens is 202 g/mol. The van der Waals surface area contributed by atoms with Gasteiger partial charge in [-0.3, -0.25) is 0 Å². The third-order valence-corrected chi connectivity index (χ3v) is 1.78. The minimum absolute atomic E-state index is 0.0293. The van der Waals surface area contributed by atoms with Gasteiger partial charge in [0.25, 0.3) is 0 Å². The van der Waals surface area contributed by atoms with Gasteiger partial charge in [0.1, 0.15) is 18.2 Å². The highest BCUT2D eigenvalue weighted by molar-refractivity contribution is 5.93. The molecule has 0 aromatic rings. The largest absolute Gasteiger partial charge is 0.457 e. The van der Waals surface area contributed by atoms with Gasteiger partial charge in [-0.05, 0) is 18.4 Å². The lowest BCUT2D eigenvalue weighted by Gasteiger charge is -2.05. The third kappa shape index (κ3) is 4.43. The average Bonchev–Trinajstić information content (AvgIpc) is 2.28. The molecule has 3 nitrogen and oxygen atoms in total. The van der Waals surface area contributed by atoms with Crippen molar-refractivity contribution in [2.75, 3.05) is 6.61 Å². The molecule has 3 heteroatoms. The van der Waals surface area contributed by atoms with Crippen molar-refractivity contribution in [3.8, 4) is 6.07 Å². The summed E-state index contributed by atoms with van der Waals surface area (Å²) in [6, 6.07) is 1.86. The minimum Gasteiger partial charge on any atom is -0.457 e. The second kappa shape index (κ2) is 8.25. The van der Waals surface area contributed by atoms with Crippen molar-refractivity contribution in [3.63, 3.8) is 0 Å². The number of esters is 1. The summed E-state index contributed by atoms with van der Waals surface area (Å²) in [6.07, 6.45) is 5.66. The molecular formula is C13H15NO2. The number of carbonyl (C=O) groups excluding carboxylic acids is 1. The quantitative estimate of drug-likeness (QED) is 0.285. The maximum absolute atomic E-state index is 11.5. The lowest BCUT2D eigenvalue weighted by molar-refractivity contribution is -0.137. The predicted octanol–water partition coefficient (Wildman–Crippen LogP) is 2.69. The Kier molecular flexibility index (Phi) is 7.17. The molecule has 0 unspecified atom stereocenters. The van der Waals surface area contributed by atoms with Crippen molar-refractivity contribution in [2.24, 2.45) is 0 Å². The van der Waals surface area contributed by atoms with Crippen LogP contribution in [0.15, 0.2) is 49.1 Å². The molecule has 0 saturated carbocycles. The van der Waals surface area contributed by atoms with Gasteiger partial charge in [-0.25, -0.2) is 4.79 Å². The van der Waals surface area contributed by atoms with Gasteiger partial charge in [-0.2, -0.15) is 5.26 Å². The molecule has 0 aliphatic heterocycles. The van der Waals surface area contributed by atoms with E-state index in [2.05, 4.69) is 19.7 Å². The first-order chi connectivity index (χ1) is 7.71. The minimum atomic E-state index is -0.624. The zero-order valence-corrected chi connectivity index (χ0v) is 9.24. The Morgan fingerprint density at radius 3 is 2.12 bits per heavy atom. The predicted molar refractivity (Wildman–Crippen MR) is 63.4 cm³/mol. The fourth-order valence-corrected chi connectivity index (χ4v) is 1.11. The van der Waals surface area contributed by atoms with Gasteiger partial charge in [0.05, 0.1) is 0 Å². The molecule has 0 spiro atoms. The molecule has 16 heavy (non-hydrogen) atoms. The number of rotatable bonds is 7. The number of ether oxygens (including phenoxy) is 1. The van der Waals surface area contributed by atoms with Crippen LogP contribution in [-0.2, 0) is 9.53 Å². The first kappa shape index (κ1) is 13.9. The highest BCUT2D eigenvalue weighted by atomic mass is 16.5. The van der Waals surface area contributed by atoms with Crippen molar-refractivity contribution >= 4 is 5.97 Å². The lowest BCUT2D eigenvalue weighted by atomic mass is 10.0. The highest BCUT2D eigenvalue weighted by Gasteiger charge is 2.14. The van der Waals surface area contributed by atoms with E-state index in [0.717, 1.165) is 0 Å². The SMILES string of the molecule is C=CCOC(=O)C(C#N)=C(CC=C)CC=C. The van der Waals surface area contributed by atoms with E-state index in [1.807, 2.05) is 6.07 Å². The molecule has 0 radical (unpaired) electrons. The summed E-state index contributed by atoms with van der Waals surface area (Å²) in [5.74, 6) is -0.624. The zero-order chi connectivity index (χ0) is 12.4. The monoisotopic (exact) mass is 217 g/mol. The van der Waals surface area contributed by atoms with E-state index < -0.39 is 5.97 Å². The van der Waals surface area contributed by atoms with Gasteiger partial charge in [0.15, 0.2) is 0 Å². The van der Waals surface area contributed by atoms with Gasteiger partial charge >= 0.3 is 5.97 Å². The van der Waals surface area contributed by atoms with Crippen molar-refractivity contribution in [1.29, 1.82) is 5.26 Å². The van der Waals surface area contributed by atoms with Crippen molar-refractivity contribution < 1.29 is 9.53 Å². The summed E-state index contributed by atoms with van der Waals surface area (Å²) >= 11 is 0. The topological polar surface area (TPSA) is 50.1 Å². The molecule has 0 aliphatic rings. The Hall–Kier alpha value is -2.08. The Labute approximate surface area is 96.0 Å². The second-order valence-electron chi connectivity index (χ2n) is 2.96. The molecule has 0 atom stereocenters.